The van der Waals surface area contributed by atoms with Gasteiger partial charge < -0.3 is 30.7 Å². The highest BCUT2D eigenvalue weighted by Gasteiger charge is 2.72. The number of carbonyl (C=O) groups excluding carboxylic acids is 2. The molecule has 1 aromatic rings. The fourth-order valence-corrected chi connectivity index (χ4v) is 6.14. The molecule has 0 spiro atoms. The molecule has 0 bridgehead atoms. The van der Waals surface area contributed by atoms with Crippen LogP contribution in [0.25, 0.3) is 6.08 Å². The van der Waals surface area contributed by atoms with Crippen molar-refractivity contribution < 1.29 is 32.6 Å². The van der Waals surface area contributed by atoms with Gasteiger partial charge in [-0.05, 0) is 32.2 Å². The Morgan fingerprint density at radius 2 is 2.00 bits per heavy atom. The maximum absolute atomic E-state index is 13.4. The number of fused-ring (bicyclic) bond motifs is 1. The van der Waals surface area contributed by atoms with Crippen molar-refractivity contribution in [3.05, 3.63) is 35.7 Å². The third-order valence-electron chi connectivity index (χ3n) is 5.64. The van der Waals surface area contributed by atoms with Gasteiger partial charge in [-0.15, -0.1) is 0 Å². The molecule has 0 aliphatic carbocycles. The Balaban J connectivity index is 1.73. The molecule has 0 aromatic carbocycles. The molecule has 2 aliphatic rings. The monoisotopic (exact) mass is 481 g/mol. The SMILES string of the molecule is CNCCNCCNC(=O)OC[C@@]1(C)[C@H](C(=O)O)N2C(=O)/C(=C/c3ccccn3)[C@H]2S1(=O)=O. The van der Waals surface area contributed by atoms with Crippen LogP contribution >= 0.6 is 0 Å². The third kappa shape index (κ3) is 4.56. The van der Waals surface area contributed by atoms with E-state index in [9.17, 15) is 27.9 Å². The minimum absolute atomic E-state index is 0.0687. The minimum atomic E-state index is -4.25. The molecule has 13 heteroatoms. The van der Waals surface area contributed by atoms with E-state index in [1.165, 1.54) is 19.2 Å². The van der Waals surface area contributed by atoms with Crippen LogP contribution in [0.1, 0.15) is 12.6 Å². The van der Waals surface area contributed by atoms with Crippen molar-refractivity contribution in [2.75, 3.05) is 39.8 Å². The van der Waals surface area contributed by atoms with Gasteiger partial charge in [0.1, 0.15) is 11.4 Å². The molecule has 2 saturated heterocycles. The van der Waals surface area contributed by atoms with Crippen LogP contribution in [0.3, 0.4) is 0 Å². The van der Waals surface area contributed by atoms with Gasteiger partial charge in [0.25, 0.3) is 5.91 Å². The van der Waals surface area contributed by atoms with Crippen LogP contribution in [0.2, 0.25) is 0 Å². The predicted octanol–water partition coefficient (Wildman–Crippen LogP) is -1.19. The Morgan fingerprint density at radius 3 is 2.64 bits per heavy atom. The Hall–Kier alpha value is -3.03. The molecule has 0 saturated carbocycles. The van der Waals surface area contributed by atoms with Gasteiger partial charge >= 0.3 is 12.1 Å². The molecule has 2 fully saturated rings. The second-order valence-corrected chi connectivity index (χ2v) is 10.3. The number of likely N-dealkylation sites (N-methyl/N-ethyl adjacent to an activating group) is 1. The molecule has 1 aromatic heterocycles. The molecule has 33 heavy (non-hydrogen) atoms. The van der Waals surface area contributed by atoms with E-state index in [1.807, 2.05) is 7.05 Å². The highest BCUT2D eigenvalue weighted by molar-refractivity contribution is 7.94. The first kappa shape index (κ1) is 24.6. The van der Waals surface area contributed by atoms with E-state index in [2.05, 4.69) is 20.9 Å². The zero-order valence-electron chi connectivity index (χ0n) is 18.3. The van der Waals surface area contributed by atoms with Gasteiger partial charge in [0.15, 0.2) is 21.3 Å². The summed E-state index contributed by atoms with van der Waals surface area (Å²) >= 11 is 0. The van der Waals surface area contributed by atoms with E-state index < -0.39 is 50.6 Å². The number of sulfone groups is 1. The van der Waals surface area contributed by atoms with Crippen LogP contribution in [0.15, 0.2) is 30.0 Å². The number of carboxylic acid groups (broad SMARTS) is 1. The lowest BCUT2D eigenvalue weighted by atomic mass is 9.94. The number of nitrogens with one attached hydrogen (secondary N) is 3. The molecule has 180 valence electrons. The molecule has 4 N–H and O–H groups in total. The fraction of sp³-hybridized carbons (Fsp3) is 0.500. The number of β-lactam (4-membered cyclic amide) rings is 1. The Kier molecular flexibility index (Phi) is 7.34. The molecule has 12 nitrogen and oxygen atoms in total. The summed E-state index contributed by atoms with van der Waals surface area (Å²) in [5.74, 6) is -2.20. The average molecular weight is 482 g/mol. The van der Waals surface area contributed by atoms with Gasteiger partial charge in [-0.1, -0.05) is 6.07 Å². The molecular weight excluding hydrogens is 454 g/mol. The van der Waals surface area contributed by atoms with Crippen LogP contribution < -0.4 is 16.0 Å². The van der Waals surface area contributed by atoms with E-state index >= 15 is 0 Å². The van der Waals surface area contributed by atoms with Gasteiger partial charge in [0, 0.05) is 32.4 Å². The summed E-state index contributed by atoms with van der Waals surface area (Å²) < 4.78 is 29.8. The summed E-state index contributed by atoms with van der Waals surface area (Å²) in [5.41, 5.74) is 0.302. The average Bonchev–Trinajstić information content (AvgIpc) is 2.95. The first-order valence-corrected chi connectivity index (χ1v) is 11.9. The fourth-order valence-electron chi connectivity index (χ4n) is 3.87. The van der Waals surface area contributed by atoms with Gasteiger partial charge in [-0.2, -0.15) is 0 Å². The number of carbonyl (C=O) groups is 3. The summed E-state index contributed by atoms with van der Waals surface area (Å²) in [7, 11) is -2.44. The summed E-state index contributed by atoms with van der Waals surface area (Å²) in [6.07, 6.45) is 1.94. The number of alkyl carbamates (subject to hydrolysis) is 1. The summed E-state index contributed by atoms with van der Waals surface area (Å²) in [5, 5.41) is 16.8. The van der Waals surface area contributed by atoms with E-state index in [0.717, 1.165) is 11.4 Å². The minimum Gasteiger partial charge on any atom is -0.480 e. The van der Waals surface area contributed by atoms with Gasteiger partial charge in [-0.3, -0.25) is 9.78 Å². The molecule has 0 unspecified atom stereocenters. The normalized spacial score (nSPS) is 26.5. The van der Waals surface area contributed by atoms with E-state index in [0.29, 0.717) is 18.8 Å². The van der Waals surface area contributed by atoms with Crippen molar-refractivity contribution in [1.82, 2.24) is 25.8 Å². The van der Waals surface area contributed by atoms with Crippen molar-refractivity contribution in [2.45, 2.75) is 23.1 Å². The lowest BCUT2D eigenvalue weighted by molar-refractivity contribution is -0.153. The summed E-state index contributed by atoms with van der Waals surface area (Å²) in [6, 6.07) is 3.24. The summed E-state index contributed by atoms with van der Waals surface area (Å²) in [4.78, 5) is 41.6. The second-order valence-electron chi connectivity index (χ2n) is 7.87. The Bertz CT molecular complexity index is 1050. The van der Waals surface area contributed by atoms with Crippen molar-refractivity contribution in [3.63, 3.8) is 0 Å². The standard InChI is InChI=1S/C20H27N5O7S/c1-20(12-32-19(29)24-10-9-22-8-7-21-2)15(18(27)28)25-16(26)14(17(25)33(20,30)31)11-13-5-3-4-6-23-13/h3-6,11,15,17,21-22H,7-10,12H2,1-2H3,(H,24,29)(H,27,28)/b14-11-/t15-,17+,20-/m0/s1. The van der Waals surface area contributed by atoms with Crippen LogP contribution in [-0.4, -0.2) is 97.4 Å². The Labute approximate surface area is 191 Å². The van der Waals surface area contributed by atoms with Gasteiger partial charge in [-0.25, -0.2) is 18.0 Å². The molecule has 3 heterocycles. The number of hydrogen-bond acceptors (Lipinski definition) is 9. The molecular formula is C20H27N5O7S. The van der Waals surface area contributed by atoms with Crippen molar-refractivity contribution in [3.8, 4) is 0 Å². The van der Waals surface area contributed by atoms with Crippen molar-refractivity contribution in [2.24, 2.45) is 0 Å². The number of rotatable bonds is 10. The number of nitrogens with zero attached hydrogens (tertiary/aromatic N) is 2. The topological polar surface area (TPSA) is 167 Å². The van der Waals surface area contributed by atoms with E-state index in [4.69, 9.17) is 4.74 Å². The third-order valence-corrected chi connectivity index (χ3v) is 8.35. The van der Waals surface area contributed by atoms with Crippen LogP contribution in [-0.2, 0) is 24.2 Å². The number of amides is 2. The lowest BCUT2D eigenvalue weighted by Gasteiger charge is -2.37. The number of ether oxygens (including phenoxy) is 1. The summed E-state index contributed by atoms with van der Waals surface area (Å²) in [6.45, 7) is 2.61. The molecule has 3 rings (SSSR count). The van der Waals surface area contributed by atoms with Crippen molar-refractivity contribution in [1.29, 1.82) is 0 Å². The molecule has 2 aliphatic heterocycles. The highest BCUT2D eigenvalue weighted by atomic mass is 32.2. The second kappa shape index (κ2) is 9.85. The quantitative estimate of drug-likeness (QED) is 0.181. The largest absolute Gasteiger partial charge is 0.480 e. The van der Waals surface area contributed by atoms with E-state index in [1.54, 1.807) is 18.2 Å². The van der Waals surface area contributed by atoms with Crippen LogP contribution in [0.4, 0.5) is 4.79 Å². The van der Waals surface area contributed by atoms with E-state index in [-0.39, 0.29) is 12.1 Å². The predicted molar refractivity (Wildman–Crippen MR) is 118 cm³/mol. The molecule has 0 radical (unpaired) electrons. The zero-order chi connectivity index (χ0) is 24.2. The Morgan fingerprint density at radius 1 is 1.27 bits per heavy atom. The maximum Gasteiger partial charge on any atom is 0.407 e. The number of hydrogen-bond donors (Lipinski definition) is 4. The highest BCUT2D eigenvalue weighted by Crippen LogP contribution is 2.49. The molecule has 2 amide bonds. The smallest absolute Gasteiger partial charge is 0.407 e. The number of carboxylic acids is 1. The van der Waals surface area contributed by atoms with Gasteiger partial charge in [0.05, 0.1) is 11.3 Å². The van der Waals surface area contributed by atoms with Gasteiger partial charge in [0.2, 0.25) is 0 Å². The number of aliphatic carboxylic acids is 1. The maximum atomic E-state index is 13.4. The first-order chi connectivity index (χ1) is 15.6. The number of aromatic nitrogens is 1. The zero-order valence-corrected chi connectivity index (χ0v) is 19.1. The lowest BCUT2D eigenvalue weighted by Crippen LogP contribution is -2.59. The van der Waals surface area contributed by atoms with Crippen molar-refractivity contribution >= 4 is 33.9 Å². The van der Waals surface area contributed by atoms with Crippen LogP contribution in [0, 0.1) is 0 Å². The molecule has 3 atom stereocenters. The first-order valence-electron chi connectivity index (χ1n) is 10.3. The number of pyridine rings is 1. The van der Waals surface area contributed by atoms with Crippen LogP contribution in [0.5, 0.6) is 0 Å².